The lowest BCUT2D eigenvalue weighted by molar-refractivity contribution is 0.142. The van der Waals surface area contributed by atoms with Crippen LogP contribution in [0.1, 0.15) is 32.1 Å². The van der Waals surface area contributed by atoms with Crippen LogP contribution in [0.25, 0.3) is 10.9 Å². The molecule has 0 bridgehead atoms. The fraction of sp³-hybridized carbons (Fsp3) is 0.429. The second kappa shape index (κ2) is 5.22. The zero-order valence-electron chi connectivity index (χ0n) is 10.1. The smallest absolute Gasteiger partial charge is 0.317 e. The van der Waals surface area contributed by atoms with Crippen LogP contribution in [-0.4, -0.2) is 16.1 Å². The van der Waals surface area contributed by atoms with Gasteiger partial charge in [0.05, 0.1) is 5.52 Å². The van der Waals surface area contributed by atoms with Gasteiger partial charge in [-0.25, -0.2) is 4.98 Å². The number of aromatic nitrogens is 2. The van der Waals surface area contributed by atoms with Crippen LogP contribution < -0.4 is 4.74 Å². The predicted octanol–water partition coefficient (Wildman–Crippen LogP) is 4.10. The molecular weight excluding hydrogens is 292 g/mol. The van der Waals surface area contributed by atoms with E-state index in [2.05, 4.69) is 25.9 Å². The third-order valence-electron chi connectivity index (χ3n) is 3.34. The summed E-state index contributed by atoms with van der Waals surface area (Å²) in [6.45, 7) is 0. The predicted molar refractivity (Wildman–Crippen MR) is 74.7 cm³/mol. The molecule has 1 aliphatic carbocycles. The van der Waals surface area contributed by atoms with E-state index in [1.54, 1.807) is 0 Å². The number of halogens is 1. The van der Waals surface area contributed by atoms with Gasteiger partial charge in [-0.3, -0.25) is 0 Å². The molecule has 1 heterocycles. The van der Waals surface area contributed by atoms with E-state index in [0.29, 0.717) is 12.1 Å². The van der Waals surface area contributed by atoms with E-state index in [-0.39, 0.29) is 0 Å². The van der Waals surface area contributed by atoms with Crippen LogP contribution in [0.2, 0.25) is 0 Å². The molecule has 0 radical (unpaired) electrons. The molecule has 0 atom stereocenters. The summed E-state index contributed by atoms with van der Waals surface area (Å²) >= 11 is 3.44. The summed E-state index contributed by atoms with van der Waals surface area (Å²) in [5.41, 5.74) is 0.930. The SMILES string of the molecule is Brc1ccc2nc(OC3CCCCC3)ncc2c1. The van der Waals surface area contributed by atoms with Gasteiger partial charge in [0, 0.05) is 16.1 Å². The first-order valence-electron chi connectivity index (χ1n) is 6.40. The average molecular weight is 307 g/mol. The number of benzene rings is 1. The Labute approximate surface area is 115 Å². The van der Waals surface area contributed by atoms with E-state index in [1.807, 2.05) is 24.4 Å². The Balaban J connectivity index is 1.82. The van der Waals surface area contributed by atoms with E-state index in [0.717, 1.165) is 28.2 Å². The molecule has 18 heavy (non-hydrogen) atoms. The molecule has 1 fully saturated rings. The summed E-state index contributed by atoms with van der Waals surface area (Å²) in [4.78, 5) is 8.74. The Hall–Kier alpha value is -1.16. The highest BCUT2D eigenvalue weighted by molar-refractivity contribution is 9.10. The standard InChI is InChI=1S/C14H15BrN2O/c15-11-6-7-13-10(8-11)9-16-14(17-13)18-12-4-2-1-3-5-12/h6-9,12H,1-5H2. The van der Waals surface area contributed by atoms with Crippen LogP contribution in [0.5, 0.6) is 6.01 Å². The van der Waals surface area contributed by atoms with Gasteiger partial charge in [0.2, 0.25) is 0 Å². The summed E-state index contributed by atoms with van der Waals surface area (Å²) in [6, 6.07) is 6.49. The zero-order chi connectivity index (χ0) is 12.4. The van der Waals surface area contributed by atoms with Gasteiger partial charge in [0.1, 0.15) is 6.10 Å². The Bertz CT molecular complexity index is 552. The molecule has 94 valence electrons. The summed E-state index contributed by atoms with van der Waals surface area (Å²) in [7, 11) is 0. The quantitative estimate of drug-likeness (QED) is 0.837. The van der Waals surface area contributed by atoms with Gasteiger partial charge >= 0.3 is 6.01 Å². The van der Waals surface area contributed by atoms with Crippen LogP contribution in [0.3, 0.4) is 0 Å². The molecule has 0 amide bonds. The summed E-state index contributed by atoms with van der Waals surface area (Å²) in [5.74, 6) is 0. The topological polar surface area (TPSA) is 35.0 Å². The number of fused-ring (bicyclic) bond motifs is 1. The minimum Gasteiger partial charge on any atom is -0.460 e. The fourth-order valence-corrected chi connectivity index (χ4v) is 2.75. The lowest BCUT2D eigenvalue weighted by Crippen LogP contribution is -2.20. The zero-order valence-corrected chi connectivity index (χ0v) is 11.7. The van der Waals surface area contributed by atoms with Gasteiger partial charge in [-0.1, -0.05) is 22.4 Å². The van der Waals surface area contributed by atoms with Crippen molar-refractivity contribution in [3.05, 3.63) is 28.9 Å². The highest BCUT2D eigenvalue weighted by atomic mass is 79.9. The Morgan fingerprint density at radius 3 is 2.83 bits per heavy atom. The van der Waals surface area contributed by atoms with Crippen molar-refractivity contribution >= 4 is 26.8 Å². The molecule has 1 aliphatic rings. The molecule has 0 aliphatic heterocycles. The molecule has 0 N–H and O–H groups in total. The van der Waals surface area contributed by atoms with Crippen LogP contribution in [0.4, 0.5) is 0 Å². The van der Waals surface area contributed by atoms with Crippen molar-refractivity contribution in [1.29, 1.82) is 0 Å². The van der Waals surface area contributed by atoms with Gasteiger partial charge < -0.3 is 4.74 Å². The first-order chi connectivity index (χ1) is 8.81. The molecule has 1 aromatic heterocycles. The molecular formula is C14H15BrN2O. The Kier molecular flexibility index (Phi) is 3.46. The second-order valence-electron chi connectivity index (χ2n) is 4.73. The molecule has 3 nitrogen and oxygen atoms in total. The first kappa shape index (κ1) is 11.9. The minimum absolute atomic E-state index is 0.298. The Morgan fingerprint density at radius 2 is 2.00 bits per heavy atom. The van der Waals surface area contributed by atoms with Gasteiger partial charge in [0.25, 0.3) is 0 Å². The van der Waals surface area contributed by atoms with Crippen molar-refractivity contribution in [2.24, 2.45) is 0 Å². The molecule has 1 saturated carbocycles. The summed E-state index contributed by atoms with van der Waals surface area (Å²) < 4.78 is 6.90. The largest absolute Gasteiger partial charge is 0.460 e. The first-order valence-corrected chi connectivity index (χ1v) is 7.19. The maximum atomic E-state index is 5.86. The van der Waals surface area contributed by atoms with Crippen LogP contribution in [0.15, 0.2) is 28.9 Å². The third-order valence-corrected chi connectivity index (χ3v) is 3.84. The number of nitrogens with zero attached hydrogens (tertiary/aromatic N) is 2. The van der Waals surface area contributed by atoms with Gasteiger partial charge in [-0.15, -0.1) is 0 Å². The van der Waals surface area contributed by atoms with Crippen LogP contribution in [0, 0.1) is 0 Å². The van der Waals surface area contributed by atoms with Gasteiger partial charge in [-0.05, 0) is 43.9 Å². The average Bonchev–Trinajstić information content (AvgIpc) is 2.40. The highest BCUT2D eigenvalue weighted by Gasteiger charge is 2.16. The monoisotopic (exact) mass is 306 g/mol. The lowest BCUT2D eigenvalue weighted by atomic mass is 9.98. The van der Waals surface area contributed by atoms with Crippen molar-refractivity contribution in [1.82, 2.24) is 9.97 Å². The van der Waals surface area contributed by atoms with E-state index in [1.165, 1.54) is 19.3 Å². The van der Waals surface area contributed by atoms with E-state index in [9.17, 15) is 0 Å². The number of rotatable bonds is 2. The molecule has 4 heteroatoms. The number of hydrogen-bond acceptors (Lipinski definition) is 3. The van der Waals surface area contributed by atoms with E-state index < -0.39 is 0 Å². The van der Waals surface area contributed by atoms with Crippen molar-refractivity contribution in [2.45, 2.75) is 38.2 Å². The van der Waals surface area contributed by atoms with Crippen molar-refractivity contribution in [3.63, 3.8) is 0 Å². The molecule has 3 rings (SSSR count). The number of ether oxygens (including phenoxy) is 1. The summed E-state index contributed by atoms with van der Waals surface area (Å²) in [5, 5.41) is 1.03. The third kappa shape index (κ3) is 2.64. The normalized spacial score (nSPS) is 16.9. The second-order valence-corrected chi connectivity index (χ2v) is 5.65. The lowest BCUT2D eigenvalue weighted by Gasteiger charge is -2.21. The van der Waals surface area contributed by atoms with E-state index in [4.69, 9.17) is 4.74 Å². The maximum absolute atomic E-state index is 5.86. The molecule has 0 unspecified atom stereocenters. The molecule has 2 aromatic rings. The Morgan fingerprint density at radius 1 is 1.17 bits per heavy atom. The molecule has 1 aromatic carbocycles. The van der Waals surface area contributed by atoms with Crippen molar-refractivity contribution in [3.8, 4) is 6.01 Å². The minimum atomic E-state index is 0.298. The van der Waals surface area contributed by atoms with Crippen molar-refractivity contribution in [2.75, 3.05) is 0 Å². The van der Waals surface area contributed by atoms with Crippen LogP contribution >= 0.6 is 15.9 Å². The number of hydrogen-bond donors (Lipinski definition) is 0. The molecule has 0 spiro atoms. The van der Waals surface area contributed by atoms with Crippen molar-refractivity contribution < 1.29 is 4.74 Å². The highest BCUT2D eigenvalue weighted by Crippen LogP contribution is 2.23. The summed E-state index contributed by atoms with van der Waals surface area (Å²) in [6.07, 6.45) is 8.21. The van der Waals surface area contributed by atoms with E-state index >= 15 is 0 Å². The molecule has 0 saturated heterocycles. The maximum Gasteiger partial charge on any atom is 0.317 e. The fourth-order valence-electron chi connectivity index (χ4n) is 2.38. The van der Waals surface area contributed by atoms with Crippen LogP contribution in [-0.2, 0) is 0 Å². The van der Waals surface area contributed by atoms with Gasteiger partial charge in [0.15, 0.2) is 0 Å². The van der Waals surface area contributed by atoms with Gasteiger partial charge in [-0.2, -0.15) is 4.98 Å².